The molecule has 5 nitrogen and oxygen atoms in total. The van der Waals surface area contributed by atoms with Gasteiger partial charge in [0.25, 0.3) is 0 Å². The third-order valence-corrected chi connectivity index (χ3v) is 4.18. The number of hydrogen-bond acceptors (Lipinski definition) is 2. The lowest BCUT2D eigenvalue weighted by atomic mass is 10.1. The predicted molar refractivity (Wildman–Crippen MR) is 86.0 cm³/mol. The monoisotopic (exact) mass is 318 g/mol. The van der Waals surface area contributed by atoms with Crippen LogP contribution in [-0.2, 0) is 6.54 Å². The maximum atomic E-state index is 12.0. The van der Waals surface area contributed by atoms with Crippen LogP contribution in [0.5, 0.6) is 0 Å². The van der Waals surface area contributed by atoms with Gasteiger partial charge in [-0.05, 0) is 25.0 Å². The molecule has 22 heavy (non-hydrogen) atoms. The van der Waals surface area contributed by atoms with E-state index in [-0.39, 0.29) is 18.1 Å². The number of benzene rings is 1. The second kappa shape index (κ2) is 6.40. The Hall–Kier alpha value is -2.01. The SMILES string of the molecule is C[C@H](Cn1ccnc1)NC(=O)N[C@H]1C[C@@H]1c1ccccc1Cl. The Morgan fingerprint density at radius 1 is 1.50 bits per heavy atom. The van der Waals surface area contributed by atoms with E-state index in [0.29, 0.717) is 12.5 Å². The van der Waals surface area contributed by atoms with Gasteiger partial charge in [-0.3, -0.25) is 0 Å². The van der Waals surface area contributed by atoms with Gasteiger partial charge in [0.2, 0.25) is 0 Å². The zero-order valence-electron chi connectivity index (χ0n) is 12.4. The van der Waals surface area contributed by atoms with Crippen LogP contribution in [0.15, 0.2) is 43.0 Å². The molecule has 1 saturated carbocycles. The smallest absolute Gasteiger partial charge is 0.315 e. The zero-order valence-corrected chi connectivity index (χ0v) is 13.1. The van der Waals surface area contributed by atoms with Gasteiger partial charge in [-0.25, -0.2) is 9.78 Å². The van der Waals surface area contributed by atoms with Gasteiger partial charge in [-0.15, -0.1) is 0 Å². The molecule has 6 heteroatoms. The molecule has 1 aliphatic carbocycles. The van der Waals surface area contributed by atoms with E-state index in [9.17, 15) is 4.79 Å². The molecule has 1 aliphatic rings. The van der Waals surface area contributed by atoms with Crippen LogP contribution in [0.3, 0.4) is 0 Å². The number of carbonyl (C=O) groups excluding carboxylic acids is 1. The number of rotatable bonds is 5. The number of nitrogens with zero attached hydrogens (tertiary/aromatic N) is 2. The third kappa shape index (κ3) is 3.60. The zero-order chi connectivity index (χ0) is 15.5. The molecule has 0 saturated heterocycles. The van der Waals surface area contributed by atoms with Gasteiger partial charge >= 0.3 is 6.03 Å². The minimum Gasteiger partial charge on any atom is -0.335 e. The normalized spacial score (nSPS) is 21.2. The Bertz CT molecular complexity index is 643. The molecule has 0 spiro atoms. The Kier molecular flexibility index (Phi) is 4.34. The lowest BCUT2D eigenvalue weighted by Gasteiger charge is -2.15. The molecular weight excluding hydrogens is 300 g/mol. The summed E-state index contributed by atoms with van der Waals surface area (Å²) in [6.07, 6.45) is 6.28. The average Bonchev–Trinajstić information content (AvgIpc) is 3.02. The molecule has 1 aromatic carbocycles. The summed E-state index contributed by atoms with van der Waals surface area (Å²) >= 11 is 6.19. The van der Waals surface area contributed by atoms with Crippen LogP contribution < -0.4 is 10.6 Å². The second-order valence-electron chi connectivity index (χ2n) is 5.75. The van der Waals surface area contributed by atoms with Gasteiger partial charge in [0.15, 0.2) is 0 Å². The first kappa shape index (κ1) is 14.9. The number of carbonyl (C=O) groups is 1. The number of imidazole rings is 1. The van der Waals surface area contributed by atoms with E-state index >= 15 is 0 Å². The van der Waals surface area contributed by atoms with Crippen molar-refractivity contribution in [3.8, 4) is 0 Å². The molecule has 3 rings (SSSR count). The number of aromatic nitrogens is 2. The summed E-state index contributed by atoms with van der Waals surface area (Å²) in [6.45, 7) is 2.67. The maximum Gasteiger partial charge on any atom is 0.315 e. The minimum absolute atomic E-state index is 0.0340. The van der Waals surface area contributed by atoms with Gasteiger partial charge < -0.3 is 15.2 Å². The van der Waals surface area contributed by atoms with Gasteiger partial charge in [-0.2, -0.15) is 0 Å². The number of amides is 2. The molecule has 0 unspecified atom stereocenters. The lowest BCUT2D eigenvalue weighted by Crippen LogP contribution is -2.43. The topological polar surface area (TPSA) is 59.0 Å². The number of hydrogen-bond donors (Lipinski definition) is 2. The van der Waals surface area contributed by atoms with Crippen molar-refractivity contribution in [2.75, 3.05) is 0 Å². The number of nitrogens with one attached hydrogen (secondary N) is 2. The summed E-state index contributed by atoms with van der Waals surface area (Å²) in [5, 5.41) is 6.72. The van der Waals surface area contributed by atoms with Crippen molar-refractivity contribution in [2.45, 2.75) is 37.9 Å². The fourth-order valence-corrected chi connectivity index (χ4v) is 2.94. The second-order valence-corrected chi connectivity index (χ2v) is 6.16. The standard InChI is InChI=1S/C16H19ClN4O/c1-11(9-21-7-6-18-10-21)19-16(22)20-15-8-13(15)12-4-2-3-5-14(12)17/h2-7,10-11,13,15H,8-9H2,1H3,(H2,19,20,22)/t11-,13-,15+/m1/s1. The fourth-order valence-electron chi connectivity index (χ4n) is 2.66. The first-order valence-electron chi connectivity index (χ1n) is 7.40. The molecule has 0 aliphatic heterocycles. The Balaban J connectivity index is 1.46. The Morgan fingerprint density at radius 3 is 3.05 bits per heavy atom. The lowest BCUT2D eigenvalue weighted by molar-refractivity contribution is 0.236. The molecule has 1 heterocycles. The average molecular weight is 319 g/mol. The van der Waals surface area contributed by atoms with E-state index in [0.717, 1.165) is 17.0 Å². The molecule has 0 radical (unpaired) electrons. The van der Waals surface area contributed by atoms with Gasteiger partial charge in [0.1, 0.15) is 0 Å². The summed E-state index contributed by atoms with van der Waals surface area (Å²) in [6, 6.07) is 7.87. The molecule has 1 aromatic heterocycles. The number of urea groups is 1. The van der Waals surface area contributed by atoms with Crippen molar-refractivity contribution in [3.05, 3.63) is 53.6 Å². The molecule has 3 atom stereocenters. The third-order valence-electron chi connectivity index (χ3n) is 3.83. The van der Waals surface area contributed by atoms with E-state index in [1.165, 1.54) is 0 Å². The quantitative estimate of drug-likeness (QED) is 0.890. The van der Waals surface area contributed by atoms with Crippen LogP contribution in [-0.4, -0.2) is 27.7 Å². The van der Waals surface area contributed by atoms with Crippen LogP contribution in [0.2, 0.25) is 5.02 Å². The summed E-state index contributed by atoms with van der Waals surface area (Å²) in [5.74, 6) is 0.323. The van der Waals surface area contributed by atoms with Crippen LogP contribution >= 0.6 is 11.6 Å². The molecule has 1 fully saturated rings. The molecule has 2 aromatic rings. The fraction of sp³-hybridized carbons (Fsp3) is 0.375. The molecule has 116 valence electrons. The van der Waals surface area contributed by atoms with Crippen molar-refractivity contribution in [1.82, 2.24) is 20.2 Å². The summed E-state index contributed by atoms with van der Waals surface area (Å²) in [7, 11) is 0. The van der Waals surface area contributed by atoms with Gasteiger partial charge in [0, 0.05) is 42.0 Å². The predicted octanol–water partition coefficient (Wildman–Crippen LogP) is 2.78. The van der Waals surface area contributed by atoms with Crippen molar-refractivity contribution in [1.29, 1.82) is 0 Å². The highest BCUT2D eigenvalue weighted by Gasteiger charge is 2.40. The summed E-state index contributed by atoms with van der Waals surface area (Å²) in [4.78, 5) is 16.0. The summed E-state index contributed by atoms with van der Waals surface area (Å²) in [5.41, 5.74) is 1.11. The summed E-state index contributed by atoms with van der Waals surface area (Å²) < 4.78 is 1.94. The van der Waals surface area contributed by atoms with Crippen molar-refractivity contribution >= 4 is 17.6 Å². The van der Waals surface area contributed by atoms with Gasteiger partial charge in [-0.1, -0.05) is 29.8 Å². The van der Waals surface area contributed by atoms with E-state index in [4.69, 9.17) is 11.6 Å². The van der Waals surface area contributed by atoms with Crippen molar-refractivity contribution in [2.24, 2.45) is 0 Å². The minimum atomic E-state index is -0.132. The van der Waals surface area contributed by atoms with E-state index in [1.807, 2.05) is 42.0 Å². The van der Waals surface area contributed by atoms with Gasteiger partial charge in [0.05, 0.1) is 6.33 Å². The first-order valence-corrected chi connectivity index (χ1v) is 7.78. The van der Waals surface area contributed by atoms with Crippen LogP contribution in [0.1, 0.15) is 24.8 Å². The number of halogens is 1. The largest absolute Gasteiger partial charge is 0.335 e. The highest BCUT2D eigenvalue weighted by molar-refractivity contribution is 6.31. The van der Waals surface area contributed by atoms with E-state index in [1.54, 1.807) is 12.5 Å². The van der Waals surface area contributed by atoms with Crippen molar-refractivity contribution in [3.63, 3.8) is 0 Å². The van der Waals surface area contributed by atoms with Crippen LogP contribution in [0, 0.1) is 0 Å². The van der Waals surface area contributed by atoms with Crippen LogP contribution in [0.25, 0.3) is 0 Å². The Labute approximate surface area is 134 Å². The molecular formula is C16H19ClN4O. The van der Waals surface area contributed by atoms with Crippen LogP contribution in [0.4, 0.5) is 4.79 Å². The highest BCUT2D eigenvalue weighted by atomic mass is 35.5. The molecule has 0 bridgehead atoms. The molecule has 2 N–H and O–H groups in total. The van der Waals surface area contributed by atoms with Crippen molar-refractivity contribution < 1.29 is 4.79 Å². The first-order chi connectivity index (χ1) is 10.6. The Morgan fingerprint density at radius 2 is 2.32 bits per heavy atom. The molecule has 2 amide bonds. The van der Waals surface area contributed by atoms with E-state index < -0.39 is 0 Å². The van der Waals surface area contributed by atoms with E-state index in [2.05, 4.69) is 15.6 Å². The highest BCUT2D eigenvalue weighted by Crippen LogP contribution is 2.43. The maximum absolute atomic E-state index is 12.0.